The summed E-state index contributed by atoms with van der Waals surface area (Å²) in [5.74, 6) is 0.269. The first-order valence-electron chi connectivity index (χ1n) is 14.4. The van der Waals surface area contributed by atoms with Crippen LogP contribution in [0.1, 0.15) is 79.6 Å². The molecule has 0 amide bonds. The highest BCUT2D eigenvalue weighted by atomic mass is 32.3. The number of phenolic OH excluding ortho intramolecular Hbond substituents is 1. The summed E-state index contributed by atoms with van der Waals surface area (Å²) in [5.41, 5.74) is 5.14. The molecular weight excluding hydrogens is 566 g/mol. The largest absolute Gasteiger partial charge is 0.508 e. The zero-order valence-corrected chi connectivity index (χ0v) is 26.1. The predicted molar refractivity (Wildman–Crippen MR) is 169 cm³/mol. The fraction of sp³-hybridized carbons (Fsp3) is 0.382. The van der Waals surface area contributed by atoms with Crippen molar-refractivity contribution in [2.45, 2.75) is 77.2 Å². The van der Waals surface area contributed by atoms with Crippen LogP contribution in [0, 0.1) is 0 Å². The summed E-state index contributed by atoms with van der Waals surface area (Å²) in [6.45, 7) is 5.54. The topological polar surface area (TPSA) is 124 Å². The number of nitrogens with zero attached hydrogens (tertiary/aromatic N) is 1. The maximum absolute atomic E-state index is 11.1. The van der Waals surface area contributed by atoms with Crippen LogP contribution in [0.5, 0.6) is 5.75 Å². The van der Waals surface area contributed by atoms with E-state index in [1.54, 1.807) is 18.2 Å². The van der Waals surface area contributed by atoms with Crippen molar-refractivity contribution < 1.29 is 32.2 Å². The Morgan fingerprint density at radius 2 is 1.40 bits per heavy atom. The molecule has 0 aromatic heterocycles. The van der Waals surface area contributed by atoms with Crippen LogP contribution in [-0.2, 0) is 21.6 Å². The van der Waals surface area contributed by atoms with Gasteiger partial charge in [0, 0.05) is 17.6 Å². The molecule has 2 atom stereocenters. The molecule has 0 radical (unpaired) electrons. The minimum Gasteiger partial charge on any atom is -0.508 e. The van der Waals surface area contributed by atoms with Gasteiger partial charge in [-0.3, -0.25) is 13.9 Å². The molecule has 9 heteroatoms. The molecular formula is C34H43NO7S. The number of ketones is 1. The van der Waals surface area contributed by atoms with E-state index in [0.29, 0.717) is 30.2 Å². The van der Waals surface area contributed by atoms with Crippen molar-refractivity contribution >= 4 is 16.2 Å². The van der Waals surface area contributed by atoms with Gasteiger partial charge in [0.1, 0.15) is 11.9 Å². The summed E-state index contributed by atoms with van der Waals surface area (Å²) < 4.78 is 38.2. The van der Waals surface area contributed by atoms with Gasteiger partial charge in [0.2, 0.25) is 0 Å². The molecule has 3 aromatic carbocycles. The Labute approximate surface area is 255 Å². The lowest BCUT2D eigenvalue weighted by Gasteiger charge is -2.38. The number of carbonyl (C=O) groups excluding carboxylic acids is 1. The van der Waals surface area contributed by atoms with Crippen molar-refractivity contribution in [1.29, 1.82) is 0 Å². The fourth-order valence-corrected chi connectivity index (χ4v) is 5.55. The summed E-state index contributed by atoms with van der Waals surface area (Å²) in [6.07, 6.45) is 8.12. The van der Waals surface area contributed by atoms with Gasteiger partial charge in [-0.05, 0) is 94.8 Å². The summed E-state index contributed by atoms with van der Waals surface area (Å²) in [7, 11) is -2.38. The number of aromatic hydroxyl groups is 1. The summed E-state index contributed by atoms with van der Waals surface area (Å²) >= 11 is 0. The SMILES string of the molecule is CC(=O)c1ccc(O)c(CC=C(C)C)c1.CN1C2CCC1CC(OC(c1ccccc1)c1ccccc1)C2.O=S(=O)(O)O. The molecule has 3 aromatic rings. The molecule has 2 aliphatic rings. The highest BCUT2D eigenvalue weighted by Crippen LogP contribution is 2.38. The second-order valence-corrected chi connectivity index (χ2v) is 12.2. The van der Waals surface area contributed by atoms with E-state index in [-0.39, 0.29) is 17.6 Å². The van der Waals surface area contributed by atoms with Crippen LogP contribution in [0.25, 0.3) is 0 Å². The second kappa shape index (κ2) is 15.9. The number of fused-ring (bicyclic) bond motifs is 2. The Bertz CT molecular complexity index is 1390. The first kappa shape index (κ1) is 34.2. The van der Waals surface area contributed by atoms with Gasteiger partial charge in [-0.2, -0.15) is 8.42 Å². The lowest BCUT2D eigenvalue weighted by molar-refractivity contribution is -0.0426. The zero-order chi connectivity index (χ0) is 31.6. The Hall–Kier alpha value is -3.34. The molecule has 3 N–H and O–H groups in total. The van der Waals surface area contributed by atoms with E-state index in [9.17, 15) is 9.90 Å². The molecule has 5 rings (SSSR count). The normalized spacial score (nSPS) is 19.5. The number of rotatable bonds is 7. The molecule has 2 aliphatic heterocycles. The van der Waals surface area contributed by atoms with Crippen molar-refractivity contribution in [3.05, 3.63) is 113 Å². The maximum atomic E-state index is 11.1. The van der Waals surface area contributed by atoms with Gasteiger partial charge in [0.25, 0.3) is 0 Å². The van der Waals surface area contributed by atoms with Crippen LogP contribution < -0.4 is 0 Å². The highest BCUT2D eigenvalue weighted by Gasteiger charge is 2.39. The van der Waals surface area contributed by atoms with E-state index in [2.05, 4.69) is 72.6 Å². The molecule has 2 saturated heterocycles. The smallest absolute Gasteiger partial charge is 0.394 e. The Morgan fingerprint density at radius 3 is 1.84 bits per heavy atom. The van der Waals surface area contributed by atoms with Gasteiger partial charge in [0.15, 0.2) is 5.78 Å². The van der Waals surface area contributed by atoms with Crippen LogP contribution in [0.3, 0.4) is 0 Å². The molecule has 43 heavy (non-hydrogen) atoms. The summed E-state index contributed by atoms with van der Waals surface area (Å²) in [4.78, 5) is 13.7. The lowest BCUT2D eigenvalue weighted by Crippen LogP contribution is -2.43. The van der Waals surface area contributed by atoms with E-state index in [4.69, 9.17) is 22.3 Å². The number of piperidine rings is 1. The van der Waals surface area contributed by atoms with Crippen LogP contribution in [-0.4, -0.2) is 58.5 Å². The quantitative estimate of drug-likeness (QED) is 0.151. The first-order chi connectivity index (χ1) is 20.3. The van der Waals surface area contributed by atoms with E-state index in [0.717, 1.165) is 5.56 Å². The van der Waals surface area contributed by atoms with Gasteiger partial charge in [-0.1, -0.05) is 72.3 Å². The van der Waals surface area contributed by atoms with Crippen molar-refractivity contribution in [3.63, 3.8) is 0 Å². The van der Waals surface area contributed by atoms with Crippen LogP contribution in [0.2, 0.25) is 0 Å². The Kier molecular flexibility index (Phi) is 12.7. The number of ether oxygens (including phenoxy) is 1. The minimum atomic E-state index is -4.67. The average molecular weight is 610 g/mol. The lowest BCUT2D eigenvalue weighted by atomic mass is 9.97. The van der Waals surface area contributed by atoms with Gasteiger partial charge in [-0.15, -0.1) is 0 Å². The molecule has 232 valence electrons. The zero-order valence-electron chi connectivity index (χ0n) is 25.3. The number of allylic oxidation sites excluding steroid dienone is 2. The molecule has 2 fully saturated rings. The molecule has 2 unspecified atom stereocenters. The van der Waals surface area contributed by atoms with E-state index in [1.807, 2.05) is 19.9 Å². The van der Waals surface area contributed by atoms with Crippen molar-refractivity contribution in [1.82, 2.24) is 4.90 Å². The molecule has 8 nitrogen and oxygen atoms in total. The monoisotopic (exact) mass is 609 g/mol. The predicted octanol–water partition coefficient (Wildman–Crippen LogP) is 6.87. The van der Waals surface area contributed by atoms with Gasteiger partial charge >= 0.3 is 10.4 Å². The van der Waals surface area contributed by atoms with Crippen LogP contribution in [0.4, 0.5) is 0 Å². The number of Topliss-reactive ketones (excluding diaryl/α,β-unsaturated/α-hetero) is 1. The molecule has 2 bridgehead atoms. The Morgan fingerprint density at radius 1 is 0.907 bits per heavy atom. The van der Waals surface area contributed by atoms with Crippen LogP contribution in [0.15, 0.2) is 90.5 Å². The first-order valence-corrected chi connectivity index (χ1v) is 15.8. The fourth-order valence-electron chi connectivity index (χ4n) is 5.55. The van der Waals surface area contributed by atoms with E-state index < -0.39 is 10.4 Å². The third kappa shape index (κ3) is 11.3. The third-order valence-corrected chi connectivity index (χ3v) is 7.80. The maximum Gasteiger partial charge on any atom is 0.394 e. The number of carbonyl (C=O) groups is 1. The second-order valence-electron chi connectivity index (χ2n) is 11.3. The van der Waals surface area contributed by atoms with Gasteiger partial charge < -0.3 is 14.7 Å². The van der Waals surface area contributed by atoms with Gasteiger partial charge in [0.05, 0.1) is 6.10 Å². The number of hydrogen-bond acceptors (Lipinski definition) is 6. The third-order valence-electron chi connectivity index (χ3n) is 7.80. The van der Waals surface area contributed by atoms with Gasteiger partial charge in [-0.25, -0.2) is 0 Å². The van der Waals surface area contributed by atoms with Crippen molar-refractivity contribution in [2.24, 2.45) is 0 Å². The van der Waals surface area contributed by atoms with E-state index >= 15 is 0 Å². The Balaban J connectivity index is 0.000000218. The highest BCUT2D eigenvalue weighted by molar-refractivity contribution is 7.79. The van der Waals surface area contributed by atoms with Crippen molar-refractivity contribution in [3.8, 4) is 5.75 Å². The molecule has 0 spiro atoms. The van der Waals surface area contributed by atoms with Crippen LogP contribution >= 0.6 is 0 Å². The summed E-state index contributed by atoms with van der Waals surface area (Å²) in [6, 6.07) is 27.7. The summed E-state index contributed by atoms with van der Waals surface area (Å²) in [5, 5.41) is 9.59. The molecule has 0 saturated carbocycles. The van der Waals surface area contributed by atoms with E-state index in [1.165, 1.54) is 49.3 Å². The standard InChI is InChI=1S/C21H25NO.C13H16O2.H2O4S/c1-22-18-12-13-19(22)15-20(14-18)23-21(16-8-4-2-5-9-16)17-10-6-3-7-11-17;1-9(2)4-5-12-8-11(10(3)14)6-7-13(12)15;1-5(2,3)4/h2-11,18-21H,12-15H2,1H3;4,6-8,15H,5H2,1-3H3;(H2,1,2,3,4). The molecule has 0 aliphatic carbocycles. The average Bonchev–Trinajstić information content (AvgIpc) is 3.15. The number of phenols is 1. The number of benzene rings is 3. The number of hydrogen-bond donors (Lipinski definition) is 3. The molecule has 2 heterocycles. The minimum absolute atomic E-state index is 0.0217. The van der Waals surface area contributed by atoms with Crippen molar-refractivity contribution in [2.75, 3.05) is 7.05 Å².